The number of aliphatic hydroxyl groups excluding tert-OH is 1. The third-order valence-electron chi connectivity index (χ3n) is 3.68. The lowest BCUT2D eigenvalue weighted by atomic mass is 9.93. The van der Waals surface area contributed by atoms with Gasteiger partial charge in [-0.1, -0.05) is 30.3 Å². The number of methoxy groups -OCH3 is 2. The molecule has 0 radical (unpaired) electrons. The maximum Gasteiger partial charge on any atom is 0.202 e. The predicted octanol–water partition coefficient (Wildman–Crippen LogP) is 2.38. The molecule has 1 aliphatic heterocycles. The van der Waals surface area contributed by atoms with Crippen molar-refractivity contribution in [2.75, 3.05) is 14.2 Å². The lowest BCUT2D eigenvalue weighted by Crippen LogP contribution is -2.36. The van der Waals surface area contributed by atoms with Crippen molar-refractivity contribution in [3.05, 3.63) is 53.6 Å². The summed E-state index contributed by atoms with van der Waals surface area (Å²) in [6, 6.07) is 12.4. The Hall–Kier alpha value is -2.53. The van der Waals surface area contributed by atoms with Gasteiger partial charge in [0.15, 0.2) is 12.2 Å². The van der Waals surface area contributed by atoms with Gasteiger partial charge in [0, 0.05) is 12.1 Å². The van der Waals surface area contributed by atoms with E-state index in [0.29, 0.717) is 17.2 Å². The van der Waals surface area contributed by atoms with Crippen LogP contribution < -0.4 is 14.2 Å². The Morgan fingerprint density at radius 3 is 2.45 bits per heavy atom. The van der Waals surface area contributed by atoms with Gasteiger partial charge in [0.25, 0.3) is 0 Å². The highest BCUT2D eigenvalue weighted by molar-refractivity contribution is 6.05. The van der Waals surface area contributed by atoms with Crippen molar-refractivity contribution in [1.29, 1.82) is 0 Å². The van der Waals surface area contributed by atoms with E-state index in [0.717, 1.165) is 5.56 Å². The summed E-state index contributed by atoms with van der Waals surface area (Å²) in [4.78, 5) is 12.5. The fourth-order valence-electron chi connectivity index (χ4n) is 2.56. The molecule has 2 atom stereocenters. The van der Waals surface area contributed by atoms with Crippen LogP contribution in [0.1, 0.15) is 22.0 Å². The highest BCUT2D eigenvalue weighted by Gasteiger charge is 2.39. The molecule has 0 fully saturated rings. The van der Waals surface area contributed by atoms with Gasteiger partial charge in [-0.15, -0.1) is 0 Å². The van der Waals surface area contributed by atoms with Gasteiger partial charge in [-0.05, 0) is 5.56 Å². The molecule has 1 aliphatic rings. The van der Waals surface area contributed by atoms with Crippen LogP contribution in [0.4, 0.5) is 0 Å². The number of aliphatic hydroxyl groups is 1. The van der Waals surface area contributed by atoms with Crippen molar-refractivity contribution in [2.24, 2.45) is 0 Å². The molecule has 2 aromatic carbocycles. The fraction of sp³-hybridized carbons (Fsp3) is 0.235. The SMILES string of the molecule is COc1cc(OC)c2c(c1)OC(c1ccccc1)C(O)C2=O. The molecule has 0 aliphatic carbocycles. The summed E-state index contributed by atoms with van der Waals surface area (Å²) >= 11 is 0. The van der Waals surface area contributed by atoms with E-state index in [1.807, 2.05) is 30.3 Å². The summed E-state index contributed by atoms with van der Waals surface area (Å²) in [5.74, 6) is 0.770. The molecule has 0 spiro atoms. The van der Waals surface area contributed by atoms with Crippen molar-refractivity contribution >= 4 is 5.78 Å². The second-order valence-electron chi connectivity index (χ2n) is 4.96. The van der Waals surface area contributed by atoms with Crippen LogP contribution in [0.15, 0.2) is 42.5 Å². The Morgan fingerprint density at radius 1 is 1.09 bits per heavy atom. The minimum atomic E-state index is -1.28. The minimum Gasteiger partial charge on any atom is -0.496 e. The second-order valence-corrected chi connectivity index (χ2v) is 4.96. The Bertz CT molecular complexity index is 696. The van der Waals surface area contributed by atoms with Crippen LogP contribution in [0.25, 0.3) is 0 Å². The minimum absolute atomic E-state index is 0.239. The van der Waals surface area contributed by atoms with Crippen LogP contribution in [0.5, 0.6) is 17.2 Å². The van der Waals surface area contributed by atoms with Crippen molar-refractivity contribution in [3.8, 4) is 17.2 Å². The lowest BCUT2D eigenvalue weighted by Gasteiger charge is -2.30. The third kappa shape index (κ3) is 2.29. The molecule has 22 heavy (non-hydrogen) atoms. The van der Waals surface area contributed by atoms with Gasteiger partial charge in [0.05, 0.1) is 14.2 Å². The molecular weight excluding hydrogens is 284 g/mol. The van der Waals surface area contributed by atoms with Gasteiger partial charge in [-0.2, -0.15) is 0 Å². The number of rotatable bonds is 3. The number of carbonyl (C=O) groups is 1. The Balaban J connectivity index is 2.10. The first-order valence-corrected chi connectivity index (χ1v) is 6.85. The van der Waals surface area contributed by atoms with Gasteiger partial charge >= 0.3 is 0 Å². The van der Waals surface area contributed by atoms with E-state index in [-0.39, 0.29) is 5.56 Å². The first-order valence-electron chi connectivity index (χ1n) is 6.85. The van der Waals surface area contributed by atoms with Gasteiger partial charge in [0.1, 0.15) is 22.8 Å². The molecule has 2 aromatic rings. The number of hydrogen-bond donors (Lipinski definition) is 1. The molecule has 1 heterocycles. The molecule has 3 rings (SSSR count). The molecule has 0 amide bonds. The molecular formula is C17H16O5. The van der Waals surface area contributed by atoms with Crippen molar-refractivity contribution in [1.82, 2.24) is 0 Å². The molecule has 2 unspecified atom stereocenters. The quantitative estimate of drug-likeness (QED) is 0.943. The lowest BCUT2D eigenvalue weighted by molar-refractivity contribution is 0.0210. The zero-order chi connectivity index (χ0) is 15.7. The van der Waals surface area contributed by atoms with Gasteiger partial charge in [-0.25, -0.2) is 0 Å². The summed E-state index contributed by atoms with van der Waals surface area (Å²) < 4.78 is 16.3. The molecule has 114 valence electrons. The van der Waals surface area contributed by atoms with E-state index < -0.39 is 18.0 Å². The molecule has 0 aromatic heterocycles. The largest absolute Gasteiger partial charge is 0.496 e. The van der Waals surface area contributed by atoms with E-state index in [1.54, 1.807) is 12.1 Å². The van der Waals surface area contributed by atoms with Crippen LogP contribution >= 0.6 is 0 Å². The highest BCUT2D eigenvalue weighted by Crippen LogP contribution is 2.42. The molecule has 5 nitrogen and oxygen atoms in total. The maximum absolute atomic E-state index is 12.5. The molecule has 5 heteroatoms. The van der Waals surface area contributed by atoms with E-state index in [1.165, 1.54) is 14.2 Å². The topological polar surface area (TPSA) is 65.0 Å². The number of benzene rings is 2. The van der Waals surface area contributed by atoms with Crippen LogP contribution in [0, 0.1) is 0 Å². The number of carbonyl (C=O) groups excluding carboxylic acids is 1. The number of Topliss-reactive ketones (excluding diaryl/α,β-unsaturated/α-hetero) is 1. The predicted molar refractivity (Wildman–Crippen MR) is 79.7 cm³/mol. The standard InChI is InChI=1S/C17H16O5/c1-20-11-8-12(21-2)14-13(9-11)22-17(16(19)15(14)18)10-6-4-3-5-7-10/h3-9,16-17,19H,1-2H3. The van der Waals surface area contributed by atoms with Crippen LogP contribution in [0.3, 0.4) is 0 Å². The number of hydrogen-bond acceptors (Lipinski definition) is 5. The second kappa shape index (κ2) is 5.69. The number of fused-ring (bicyclic) bond motifs is 1. The molecule has 0 saturated carbocycles. The highest BCUT2D eigenvalue weighted by atomic mass is 16.5. The summed E-state index contributed by atoms with van der Waals surface area (Å²) in [7, 11) is 2.98. The fourth-order valence-corrected chi connectivity index (χ4v) is 2.56. The van der Waals surface area contributed by atoms with Gasteiger partial charge < -0.3 is 19.3 Å². The number of ketones is 1. The summed E-state index contributed by atoms with van der Waals surface area (Å²) in [6.07, 6.45) is -2.03. The smallest absolute Gasteiger partial charge is 0.202 e. The van der Waals surface area contributed by atoms with Crippen LogP contribution in [0.2, 0.25) is 0 Å². The first kappa shape index (κ1) is 14.4. The Kier molecular flexibility index (Phi) is 3.73. The number of ether oxygens (including phenoxy) is 3. The zero-order valence-corrected chi connectivity index (χ0v) is 12.3. The monoisotopic (exact) mass is 300 g/mol. The maximum atomic E-state index is 12.5. The van der Waals surface area contributed by atoms with Crippen LogP contribution in [-0.4, -0.2) is 31.2 Å². The Morgan fingerprint density at radius 2 is 1.82 bits per heavy atom. The van der Waals surface area contributed by atoms with Crippen LogP contribution in [-0.2, 0) is 0 Å². The van der Waals surface area contributed by atoms with Crippen molar-refractivity contribution in [3.63, 3.8) is 0 Å². The third-order valence-corrected chi connectivity index (χ3v) is 3.68. The van der Waals surface area contributed by atoms with Gasteiger partial charge in [0.2, 0.25) is 5.78 Å². The normalized spacial score (nSPS) is 20.0. The van der Waals surface area contributed by atoms with Crippen molar-refractivity contribution < 1.29 is 24.1 Å². The average Bonchev–Trinajstić information content (AvgIpc) is 2.57. The average molecular weight is 300 g/mol. The van der Waals surface area contributed by atoms with Crippen molar-refractivity contribution in [2.45, 2.75) is 12.2 Å². The van der Waals surface area contributed by atoms with E-state index in [4.69, 9.17) is 14.2 Å². The zero-order valence-electron chi connectivity index (χ0n) is 12.3. The van der Waals surface area contributed by atoms with E-state index in [2.05, 4.69) is 0 Å². The summed E-state index contributed by atoms with van der Waals surface area (Å²) in [5.41, 5.74) is 0.971. The van der Waals surface area contributed by atoms with E-state index >= 15 is 0 Å². The summed E-state index contributed by atoms with van der Waals surface area (Å²) in [6.45, 7) is 0. The summed E-state index contributed by atoms with van der Waals surface area (Å²) in [5, 5.41) is 10.3. The van der Waals surface area contributed by atoms with Gasteiger partial charge in [-0.3, -0.25) is 4.79 Å². The Labute approximate surface area is 128 Å². The molecule has 0 saturated heterocycles. The molecule has 0 bridgehead atoms. The first-order chi connectivity index (χ1) is 10.7. The molecule has 1 N–H and O–H groups in total. The van der Waals surface area contributed by atoms with E-state index in [9.17, 15) is 9.90 Å².